The second kappa shape index (κ2) is 9.55. The van der Waals surface area contributed by atoms with Gasteiger partial charge in [0.15, 0.2) is 0 Å². The van der Waals surface area contributed by atoms with Gasteiger partial charge in [0.2, 0.25) is 0 Å². The van der Waals surface area contributed by atoms with Gasteiger partial charge in [0.25, 0.3) is 11.8 Å². The maximum atomic E-state index is 14.8. The van der Waals surface area contributed by atoms with Crippen LogP contribution in [0.1, 0.15) is 37.7 Å². The third kappa shape index (κ3) is 4.02. The van der Waals surface area contributed by atoms with Crippen molar-refractivity contribution in [2.24, 2.45) is 0 Å². The van der Waals surface area contributed by atoms with Crippen LogP contribution in [-0.4, -0.2) is 52.7 Å². The van der Waals surface area contributed by atoms with E-state index in [9.17, 15) is 22.8 Å². The topological polar surface area (TPSA) is 80.4 Å². The fraction of sp³-hybridized carbons (Fsp3) is 0.233. The van der Waals surface area contributed by atoms with E-state index in [0.717, 1.165) is 0 Å². The summed E-state index contributed by atoms with van der Waals surface area (Å²) in [6.07, 6.45) is -1.05. The van der Waals surface area contributed by atoms with Crippen LogP contribution >= 0.6 is 0 Å². The van der Waals surface area contributed by atoms with Gasteiger partial charge in [-0.05, 0) is 61.9 Å². The molecule has 3 aromatic carbocycles. The van der Waals surface area contributed by atoms with Crippen molar-refractivity contribution in [3.8, 4) is 11.1 Å². The van der Waals surface area contributed by atoms with Crippen molar-refractivity contribution < 1.29 is 27.3 Å². The summed E-state index contributed by atoms with van der Waals surface area (Å²) < 4.78 is 50.2. The predicted octanol–water partition coefficient (Wildman–Crippen LogP) is 5.55. The summed E-state index contributed by atoms with van der Waals surface area (Å²) in [5.74, 6) is -1.56. The molecule has 0 spiro atoms. The van der Waals surface area contributed by atoms with Gasteiger partial charge in [0.1, 0.15) is 23.6 Å². The van der Waals surface area contributed by atoms with Gasteiger partial charge < -0.3 is 19.3 Å². The van der Waals surface area contributed by atoms with E-state index in [-0.39, 0.29) is 37.0 Å². The fourth-order valence-corrected chi connectivity index (χ4v) is 5.50. The Morgan fingerprint density at radius 1 is 1.05 bits per heavy atom. The van der Waals surface area contributed by atoms with Crippen LogP contribution in [0.5, 0.6) is 0 Å². The highest BCUT2D eigenvalue weighted by atomic mass is 19.1. The summed E-state index contributed by atoms with van der Waals surface area (Å²) in [5.41, 5.74) is 3.57. The van der Waals surface area contributed by atoms with Crippen molar-refractivity contribution in [3.05, 3.63) is 88.3 Å². The van der Waals surface area contributed by atoms with Crippen molar-refractivity contribution in [2.45, 2.75) is 26.6 Å². The lowest BCUT2D eigenvalue weighted by molar-refractivity contribution is 0.0400. The van der Waals surface area contributed by atoms with Gasteiger partial charge in [-0.15, -0.1) is 0 Å². The van der Waals surface area contributed by atoms with E-state index in [1.54, 1.807) is 42.7 Å². The smallest absolute Gasteiger partial charge is 0.254 e. The number of aromatic nitrogens is 2. The Labute approximate surface area is 227 Å². The molecule has 3 heterocycles. The number of nitrogens with zero attached hydrogens (tertiary/aromatic N) is 3. The summed E-state index contributed by atoms with van der Waals surface area (Å²) >= 11 is 0. The minimum absolute atomic E-state index is 0.0233. The second-order valence-corrected chi connectivity index (χ2v) is 10.0. The molecule has 6 rings (SSSR count). The molecule has 0 aliphatic carbocycles. The number of rotatable bonds is 5. The van der Waals surface area contributed by atoms with Crippen molar-refractivity contribution in [3.63, 3.8) is 0 Å². The zero-order valence-electron chi connectivity index (χ0n) is 22.0. The van der Waals surface area contributed by atoms with E-state index in [1.165, 1.54) is 30.1 Å². The van der Waals surface area contributed by atoms with Crippen LogP contribution in [0.15, 0.2) is 53.1 Å². The SMILES string of the molecule is CNC(=O)c1cc(-c2c(C)noc2C)cc2c1c1cc(C(=O)N3CC(F)C3)ccc1n2Cc1c(F)cccc1F. The Morgan fingerprint density at radius 3 is 2.40 bits per heavy atom. The number of benzene rings is 3. The van der Waals surface area contributed by atoms with Crippen LogP contribution in [0.25, 0.3) is 32.9 Å². The maximum absolute atomic E-state index is 14.8. The molecule has 204 valence electrons. The molecular formula is C30H25F3N4O3. The minimum Gasteiger partial charge on any atom is -0.361 e. The number of hydrogen-bond acceptors (Lipinski definition) is 4. The van der Waals surface area contributed by atoms with E-state index in [2.05, 4.69) is 10.5 Å². The third-order valence-electron chi connectivity index (χ3n) is 7.51. The quantitative estimate of drug-likeness (QED) is 0.314. The first kappa shape index (κ1) is 25.7. The first-order valence-electron chi connectivity index (χ1n) is 12.8. The largest absolute Gasteiger partial charge is 0.361 e. The first-order chi connectivity index (χ1) is 19.2. The van der Waals surface area contributed by atoms with E-state index >= 15 is 0 Å². The van der Waals surface area contributed by atoms with Gasteiger partial charge >= 0.3 is 0 Å². The molecule has 0 bridgehead atoms. The number of aryl methyl sites for hydroxylation is 2. The molecule has 0 saturated carbocycles. The normalized spacial score (nSPS) is 13.7. The highest BCUT2D eigenvalue weighted by Gasteiger charge is 2.31. The Kier molecular flexibility index (Phi) is 6.13. The number of amides is 2. The maximum Gasteiger partial charge on any atom is 0.254 e. The van der Waals surface area contributed by atoms with Gasteiger partial charge in [0.05, 0.1) is 30.8 Å². The molecule has 2 amide bonds. The standard InChI is InChI=1S/C30H25F3N4O3/c1-15-27(16(2)40-35-15)18-10-21(29(38)34-3)28-20-9-17(30(39)36-12-19(31)13-36)7-8-25(20)37(26(28)11-18)14-22-23(32)5-4-6-24(22)33/h4-11,19H,12-14H2,1-3H3,(H,34,38). The third-order valence-corrected chi connectivity index (χ3v) is 7.51. The Balaban J connectivity index is 1.67. The molecule has 10 heteroatoms. The van der Waals surface area contributed by atoms with Crippen molar-refractivity contribution in [1.82, 2.24) is 19.9 Å². The molecule has 7 nitrogen and oxygen atoms in total. The summed E-state index contributed by atoms with van der Waals surface area (Å²) in [6, 6.07) is 12.2. The molecule has 1 aliphatic heterocycles. The molecule has 40 heavy (non-hydrogen) atoms. The monoisotopic (exact) mass is 546 g/mol. The number of alkyl halides is 1. The molecule has 0 atom stereocenters. The lowest BCUT2D eigenvalue weighted by atomic mass is 9.96. The summed E-state index contributed by atoms with van der Waals surface area (Å²) in [7, 11) is 1.51. The Bertz CT molecular complexity index is 1800. The number of fused-ring (bicyclic) bond motifs is 3. The van der Waals surface area contributed by atoms with Crippen LogP contribution < -0.4 is 5.32 Å². The highest BCUT2D eigenvalue weighted by molar-refractivity contribution is 6.20. The van der Waals surface area contributed by atoms with Crippen molar-refractivity contribution in [2.75, 3.05) is 20.1 Å². The summed E-state index contributed by atoms with van der Waals surface area (Å²) in [5, 5.41) is 7.78. The number of halogens is 3. The van der Waals surface area contributed by atoms with Gasteiger partial charge in [-0.25, -0.2) is 13.2 Å². The van der Waals surface area contributed by atoms with Crippen molar-refractivity contribution >= 4 is 33.6 Å². The molecular weight excluding hydrogens is 521 g/mol. The van der Waals surface area contributed by atoms with E-state index in [1.807, 2.05) is 6.07 Å². The second-order valence-electron chi connectivity index (χ2n) is 10.0. The lowest BCUT2D eigenvalue weighted by Crippen LogP contribution is -2.51. The van der Waals surface area contributed by atoms with Crippen LogP contribution in [0, 0.1) is 25.5 Å². The fourth-order valence-electron chi connectivity index (χ4n) is 5.50. The molecule has 1 fully saturated rings. The molecule has 0 radical (unpaired) electrons. The molecule has 0 unspecified atom stereocenters. The van der Waals surface area contributed by atoms with E-state index < -0.39 is 17.8 Å². The zero-order valence-corrected chi connectivity index (χ0v) is 22.0. The van der Waals surface area contributed by atoms with Crippen LogP contribution in [-0.2, 0) is 6.54 Å². The van der Waals surface area contributed by atoms with Crippen LogP contribution in [0.4, 0.5) is 13.2 Å². The highest BCUT2D eigenvalue weighted by Crippen LogP contribution is 2.38. The Hall–Kier alpha value is -4.60. The molecule has 5 aromatic rings. The molecule has 1 aliphatic rings. The van der Waals surface area contributed by atoms with E-state index in [0.29, 0.717) is 55.5 Å². The van der Waals surface area contributed by atoms with Crippen LogP contribution in [0.2, 0.25) is 0 Å². The van der Waals surface area contributed by atoms with Gasteiger partial charge in [0, 0.05) is 45.6 Å². The Morgan fingerprint density at radius 2 is 1.77 bits per heavy atom. The zero-order chi connectivity index (χ0) is 28.3. The van der Waals surface area contributed by atoms with Crippen molar-refractivity contribution in [1.29, 1.82) is 0 Å². The first-order valence-corrected chi connectivity index (χ1v) is 12.8. The average Bonchev–Trinajstić information content (AvgIpc) is 3.42. The predicted molar refractivity (Wildman–Crippen MR) is 144 cm³/mol. The molecule has 1 saturated heterocycles. The molecule has 1 N–H and O–H groups in total. The van der Waals surface area contributed by atoms with E-state index in [4.69, 9.17) is 4.52 Å². The summed E-state index contributed by atoms with van der Waals surface area (Å²) in [6.45, 7) is 3.43. The number of nitrogens with one attached hydrogen (secondary N) is 1. The number of carbonyl (C=O) groups excluding carboxylic acids is 2. The number of hydrogen-bond donors (Lipinski definition) is 1. The lowest BCUT2D eigenvalue weighted by Gasteiger charge is -2.34. The average molecular weight is 547 g/mol. The summed E-state index contributed by atoms with van der Waals surface area (Å²) in [4.78, 5) is 27.7. The van der Waals surface area contributed by atoms with Crippen LogP contribution in [0.3, 0.4) is 0 Å². The van der Waals surface area contributed by atoms with Gasteiger partial charge in [-0.2, -0.15) is 0 Å². The number of carbonyl (C=O) groups is 2. The molecule has 2 aromatic heterocycles. The van der Waals surface area contributed by atoms with Gasteiger partial charge in [-0.3, -0.25) is 9.59 Å². The number of likely N-dealkylation sites (tertiary alicyclic amines) is 1. The van der Waals surface area contributed by atoms with Gasteiger partial charge in [-0.1, -0.05) is 11.2 Å². The minimum atomic E-state index is -1.05.